The van der Waals surface area contributed by atoms with E-state index in [1.165, 1.54) is 0 Å². The quantitative estimate of drug-likeness (QED) is 0.797. The molecule has 0 aromatic heterocycles. The molecule has 0 heterocycles. The van der Waals surface area contributed by atoms with Gasteiger partial charge in [0.1, 0.15) is 5.75 Å². The number of rotatable bonds is 6. The number of hydrogen-bond donors (Lipinski definition) is 1. The van der Waals surface area contributed by atoms with Crippen LogP contribution in [0.5, 0.6) is 5.75 Å². The van der Waals surface area contributed by atoms with E-state index >= 15 is 0 Å². The zero-order valence-corrected chi connectivity index (χ0v) is 10.6. The van der Waals surface area contributed by atoms with Crippen LogP contribution in [0.3, 0.4) is 0 Å². The number of hydrogen-bond acceptors (Lipinski definition) is 2. The van der Waals surface area contributed by atoms with E-state index in [0.717, 1.165) is 30.8 Å². The third-order valence-corrected chi connectivity index (χ3v) is 2.51. The smallest absolute Gasteiger partial charge is 0.124 e. The number of nitrogens with two attached hydrogens (primary N) is 1. The molecular formula is C14H23NO. The maximum absolute atomic E-state index is 6.19. The molecule has 2 heteroatoms. The van der Waals surface area contributed by atoms with Crippen LogP contribution >= 0.6 is 0 Å². The summed E-state index contributed by atoms with van der Waals surface area (Å²) in [5.74, 6) is 1.55. The van der Waals surface area contributed by atoms with Gasteiger partial charge in [-0.1, -0.05) is 39.0 Å². The summed E-state index contributed by atoms with van der Waals surface area (Å²) in [5.41, 5.74) is 7.32. The highest BCUT2D eigenvalue weighted by molar-refractivity contribution is 5.35. The molecule has 0 spiro atoms. The Morgan fingerprint density at radius 3 is 2.56 bits per heavy atom. The van der Waals surface area contributed by atoms with Crippen molar-refractivity contribution in [3.8, 4) is 5.75 Å². The number of ether oxygens (including phenoxy) is 1. The average Bonchev–Trinajstić information content (AvgIpc) is 2.25. The number of benzene rings is 1. The first kappa shape index (κ1) is 13.0. The maximum atomic E-state index is 6.19. The van der Waals surface area contributed by atoms with Gasteiger partial charge in [-0.05, 0) is 24.8 Å². The molecule has 16 heavy (non-hydrogen) atoms. The van der Waals surface area contributed by atoms with Gasteiger partial charge in [0.15, 0.2) is 0 Å². The van der Waals surface area contributed by atoms with Gasteiger partial charge >= 0.3 is 0 Å². The fraction of sp³-hybridized carbons (Fsp3) is 0.571. The van der Waals surface area contributed by atoms with Crippen LogP contribution < -0.4 is 10.5 Å². The van der Waals surface area contributed by atoms with Crippen LogP contribution in [0.2, 0.25) is 0 Å². The van der Waals surface area contributed by atoms with Gasteiger partial charge in [-0.3, -0.25) is 0 Å². The van der Waals surface area contributed by atoms with Crippen LogP contribution in [0.1, 0.15) is 45.2 Å². The minimum Gasteiger partial charge on any atom is -0.493 e. The molecule has 0 amide bonds. The van der Waals surface area contributed by atoms with Crippen molar-refractivity contribution in [2.75, 3.05) is 6.61 Å². The molecule has 1 atom stereocenters. The molecular weight excluding hydrogens is 198 g/mol. The molecule has 0 saturated carbocycles. The van der Waals surface area contributed by atoms with Crippen LogP contribution in [0.4, 0.5) is 0 Å². The van der Waals surface area contributed by atoms with Crippen molar-refractivity contribution < 1.29 is 4.74 Å². The third kappa shape index (κ3) is 3.86. The highest BCUT2D eigenvalue weighted by atomic mass is 16.5. The third-order valence-electron chi connectivity index (χ3n) is 2.51. The van der Waals surface area contributed by atoms with Crippen LogP contribution in [0.25, 0.3) is 0 Å². The molecule has 90 valence electrons. The molecule has 0 radical (unpaired) electrons. The SMILES string of the molecule is CCCOc1ccccc1[C@H](N)CC(C)C. The molecule has 2 nitrogen and oxygen atoms in total. The van der Waals surface area contributed by atoms with Crippen molar-refractivity contribution in [3.63, 3.8) is 0 Å². The van der Waals surface area contributed by atoms with E-state index in [0.29, 0.717) is 5.92 Å². The lowest BCUT2D eigenvalue weighted by Crippen LogP contribution is -2.14. The summed E-state index contributed by atoms with van der Waals surface area (Å²) >= 11 is 0. The van der Waals surface area contributed by atoms with Crippen LogP contribution in [-0.4, -0.2) is 6.61 Å². The normalized spacial score (nSPS) is 12.8. The van der Waals surface area contributed by atoms with Gasteiger partial charge in [-0.2, -0.15) is 0 Å². The largest absolute Gasteiger partial charge is 0.493 e. The van der Waals surface area contributed by atoms with Crippen LogP contribution in [0.15, 0.2) is 24.3 Å². The molecule has 0 aliphatic heterocycles. The molecule has 2 N–H and O–H groups in total. The Balaban J connectivity index is 2.76. The van der Waals surface area contributed by atoms with E-state index in [2.05, 4.69) is 26.8 Å². The summed E-state index contributed by atoms with van der Waals surface area (Å²) in [6, 6.07) is 8.17. The highest BCUT2D eigenvalue weighted by Gasteiger charge is 2.12. The lowest BCUT2D eigenvalue weighted by atomic mass is 9.97. The average molecular weight is 221 g/mol. The van der Waals surface area contributed by atoms with E-state index in [9.17, 15) is 0 Å². The minimum atomic E-state index is 0.0769. The lowest BCUT2D eigenvalue weighted by Gasteiger charge is -2.18. The molecule has 1 rings (SSSR count). The zero-order valence-electron chi connectivity index (χ0n) is 10.6. The van der Waals surface area contributed by atoms with Crippen molar-refractivity contribution in [3.05, 3.63) is 29.8 Å². The Kier molecular flexibility index (Phi) is 5.33. The molecule has 1 aromatic rings. The molecule has 0 aliphatic rings. The predicted octanol–water partition coefficient (Wildman–Crippen LogP) is 3.52. The van der Waals surface area contributed by atoms with Crippen molar-refractivity contribution in [2.45, 2.75) is 39.7 Å². The Bertz CT molecular complexity index is 309. The predicted molar refractivity (Wildman–Crippen MR) is 68.6 cm³/mol. The second-order valence-corrected chi connectivity index (χ2v) is 4.62. The fourth-order valence-electron chi connectivity index (χ4n) is 1.77. The molecule has 0 saturated heterocycles. The second-order valence-electron chi connectivity index (χ2n) is 4.62. The summed E-state index contributed by atoms with van der Waals surface area (Å²) in [4.78, 5) is 0. The monoisotopic (exact) mass is 221 g/mol. The Hall–Kier alpha value is -1.02. The highest BCUT2D eigenvalue weighted by Crippen LogP contribution is 2.27. The van der Waals surface area contributed by atoms with E-state index in [4.69, 9.17) is 10.5 Å². The van der Waals surface area contributed by atoms with Crippen LogP contribution in [0, 0.1) is 5.92 Å². The van der Waals surface area contributed by atoms with Crippen molar-refractivity contribution in [1.29, 1.82) is 0 Å². The first-order chi connectivity index (χ1) is 7.65. The molecule has 0 fully saturated rings. The first-order valence-electron chi connectivity index (χ1n) is 6.12. The topological polar surface area (TPSA) is 35.2 Å². The van der Waals surface area contributed by atoms with Gasteiger partial charge in [0.25, 0.3) is 0 Å². The standard InChI is InChI=1S/C14H23NO/c1-4-9-16-14-8-6-5-7-12(14)13(15)10-11(2)3/h5-8,11,13H,4,9-10,15H2,1-3H3/t13-/m1/s1. The summed E-state index contributed by atoms with van der Waals surface area (Å²) < 4.78 is 5.71. The van der Waals surface area contributed by atoms with E-state index in [-0.39, 0.29) is 6.04 Å². The van der Waals surface area contributed by atoms with E-state index < -0.39 is 0 Å². The Morgan fingerprint density at radius 2 is 1.94 bits per heavy atom. The Labute approximate surface area is 98.8 Å². The lowest BCUT2D eigenvalue weighted by molar-refractivity contribution is 0.310. The second kappa shape index (κ2) is 6.54. The van der Waals surface area contributed by atoms with Gasteiger partial charge in [0.05, 0.1) is 6.61 Å². The van der Waals surface area contributed by atoms with Gasteiger partial charge in [-0.15, -0.1) is 0 Å². The van der Waals surface area contributed by atoms with Gasteiger partial charge in [0.2, 0.25) is 0 Å². The first-order valence-corrected chi connectivity index (χ1v) is 6.12. The molecule has 0 aliphatic carbocycles. The van der Waals surface area contributed by atoms with Gasteiger partial charge in [-0.25, -0.2) is 0 Å². The summed E-state index contributed by atoms with van der Waals surface area (Å²) in [5, 5.41) is 0. The van der Waals surface area contributed by atoms with Gasteiger partial charge < -0.3 is 10.5 Å². The fourth-order valence-corrected chi connectivity index (χ4v) is 1.77. The van der Waals surface area contributed by atoms with Crippen molar-refractivity contribution in [1.82, 2.24) is 0 Å². The van der Waals surface area contributed by atoms with E-state index in [1.807, 2.05) is 18.2 Å². The Morgan fingerprint density at radius 1 is 1.25 bits per heavy atom. The number of para-hydroxylation sites is 1. The van der Waals surface area contributed by atoms with Crippen molar-refractivity contribution in [2.24, 2.45) is 11.7 Å². The van der Waals surface area contributed by atoms with Crippen molar-refractivity contribution >= 4 is 0 Å². The molecule has 0 unspecified atom stereocenters. The van der Waals surface area contributed by atoms with Crippen LogP contribution in [-0.2, 0) is 0 Å². The van der Waals surface area contributed by atoms with Gasteiger partial charge in [0, 0.05) is 11.6 Å². The molecule has 1 aromatic carbocycles. The summed E-state index contributed by atoms with van der Waals surface area (Å²) in [6.45, 7) is 7.24. The minimum absolute atomic E-state index is 0.0769. The summed E-state index contributed by atoms with van der Waals surface area (Å²) in [7, 11) is 0. The maximum Gasteiger partial charge on any atom is 0.124 e. The zero-order chi connectivity index (χ0) is 12.0. The van der Waals surface area contributed by atoms with E-state index in [1.54, 1.807) is 0 Å². The molecule has 0 bridgehead atoms. The summed E-state index contributed by atoms with van der Waals surface area (Å²) in [6.07, 6.45) is 2.01.